The summed E-state index contributed by atoms with van der Waals surface area (Å²) >= 11 is 0. The number of hydrogen-bond acceptors (Lipinski definition) is 4. The monoisotopic (exact) mass is 265 g/mol. The van der Waals surface area contributed by atoms with Crippen LogP contribution in [0.4, 0.5) is 17.1 Å². The molecule has 1 atom stereocenters. The third kappa shape index (κ3) is 4.43. The second-order valence-electron chi connectivity index (χ2n) is 5.79. The zero-order valence-corrected chi connectivity index (χ0v) is 12.3. The molecule has 1 rings (SSSR count). The van der Waals surface area contributed by atoms with Crippen molar-refractivity contribution in [2.45, 2.75) is 40.7 Å². The number of non-ortho nitro benzene ring substituents is 1. The van der Waals surface area contributed by atoms with E-state index in [1.807, 2.05) is 13.0 Å². The molecule has 0 aromatic heterocycles. The molecule has 5 heteroatoms. The van der Waals surface area contributed by atoms with Gasteiger partial charge >= 0.3 is 0 Å². The molecule has 0 amide bonds. The van der Waals surface area contributed by atoms with Crippen LogP contribution in [0.1, 0.15) is 34.6 Å². The van der Waals surface area contributed by atoms with E-state index in [-0.39, 0.29) is 22.1 Å². The van der Waals surface area contributed by atoms with Crippen molar-refractivity contribution in [1.82, 2.24) is 0 Å². The molecule has 1 unspecified atom stereocenters. The molecule has 0 bridgehead atoms. The SMILES string of the molecule is CCNc1cc(NC(C)C(C)(C)C)cc([N+](=O)[O-])c1. The molecule has 2 N–H and O–H groups in total. The Kier molecular flexibility index (Phi) is 4.75. The summed E-state index contributed by atoms with van der Waals surface area (Å²) in [6.45, 7) is 11.2. The largest absolute Gasteiger partial charge is 0.385 e. The number of nitrogens with one attached hydrogen (secondary N) is 2. The molecule has 0 saturated heterocycles. The fourth-order valence-electron chi connectivity index (χ4n) is 1.57. The molecule has 0 fully saturated rings. The summed E-state index contributed by atoms with van der Waals surface area (Å²) in [4.78, 5) is 10.6. The zero-order valence-electron chi connectivity index (χ0n) is 12.3. The molecule has 0 aliphatic rings. The summed E-state index contributed by atoms with van der Waals surface area (Å²) in [6.07, 6.45) is 0. The van der Waals surface area contributed by atoms with Gasteiger partial charge in [-0.1, -0.05) is 20.8 Å². The minimum atomic E-state index is -0.367. The highest BCUT2D eigenvalue weighted by Gasteiger charge is 2.20. The first-order valence-electron chi connectivity index (χ1n) is 6.54. The normalized spacial score (nSPS) is 12.9. The summed E-state index contributed by atoms with van der Waals surface area (Å²) in [5, 5.41) is 17.4. The Bertz CT molecular complexity index is 452. The van der Waals surface area contributed by atoms with E-state index in [0.29, 0.717) is 0 Å². The average molecular weight is 265 g/mol. The van der Waals surface area contributed by atoms with Crippen LogP contribution in [0.15, 0.2) is 18.2 Å². The molecule has 0 saturated carbocycles. The van der Waals surface area contributed by atoms with Crippen LogP contribution in [0.25, 0.3) is 0 Å². The fraction of sp³-hybridized carbons (Fsp3) is 0.571. The Labute approximate surface area is 114 Å². The maximum atomic E-state index is 10.9. The Morgan fingerprint density at radius 3 is 2.32 bits per heavy atom. The van der Waals surface area contributed by atoms with E-state index in [4.69, 9.17) is 0 Å². The van der Waals surface area contributed by atoms with E-state index < -0.39 is 0 Å². The van der Waals surface area contributed by atoms with Gasteiger partial charge in [-0.3, -0.25) is 10.1 Å². The molecule has 1 aromatic carbocycles. The van der Waals surface area contributed by atoms with Crippen molar-refractivity contribution in [3.8, 4) is 0 Å². The lowest BCUT2D eigenvalue weighted by Gasteiger charge is -2.29. The maximum Gasteiger partial charge on any atom is 0.273 e. The lowest BCUT2D eigenvalue weighted by atomic mass is 9.88. The smallest absolute Gasteiger partial charge is 0.273 e. The Balaban J connectivity index is 3.02. The van der Waals surface area contributed by atoms with Gasteiger partial charge in [0.1, 0.15) is 0 Å². The van der Waals surface area contributed by atoms with Gasteiger partial charge in [0.05, 0.1) is 4.92 Å². The third-order valence-corrected chi connectivity index (χ3v) is 3.19. The van der Waals surface area contributed by atoms with Crippen molar-refractivity contribution in [3.63, 3.8) is 0 Å². The number of benzene rings is 1. The van der Waals surface area contributed by atoms with Gasteiger partial charge < -0.3 is 10.6 Å². The third-order valence-electron chi connectivity index (χ3n) is 3.19. The summed E-state index contributed by atoms with van der Waals surface area (Å²) in [7, 11) is 0. The second-order valence-corrected chi connectivity index (χ2v) is 5.79. The molecule has 0 heterocycles. The van der Waals surface area contributed by atoms with Gasteiger partial charge in [0.2, 0.25) is 0 Å². The molecule has 1 aromatic rings. The predicted octanol–water partition coefficient (Wildman–Crippen LogP) is 3.87. The van der Waals surface area contributed by atoms with Crippen molar-refractivity contribution in [3.05, 3.63) is 28.3 Å². The van der Waals surface area contributed by atoms with Crippen LogP contribution in [0, 0.1) is 15.5 Å². The molecule has 0 radical (unpaired) electrons. The molecule has 106 valence electrons. The van der Waals surface area contributed by atoms with Gasteiger partial charge in [-0.05, 0) is 25.3 Å². The lowest BCUT2D eigenvalue weighted by molar-refractivity contribution is -0.384. The number of nitro groups is 1. The van der Waals surface area contributed by atoms with Crippen molar-refractivity contribution in [2.24, 2.45) is 5.41 Å². The highest BCUT2D eigenvalue weighted by atomic mass is 16.6. The summed E-state index contributed by atoms with van der Waals surface area (Å²) in [5.41, 5.74) is 1.72. The van der Waals surface area contributed by atoms with Crippen molar-refractivity contribution < 1.29 is 4.92 Å². The number of hydrogen-bond donors (Lipinski definition) is 2. The minimum absolute atomic E-state index is 0.0863. The molecular weight excluding hydrogens is 242 g/mol. The average Bonchev–Trinajstić information content (AvgIpc) is 2.27. The molecule has 5 nitrogen and oxygen atoms in total. The van der Waals surface area contributed by atoms with E-state index in [1.54, 1.807) is 12.1 Å². The van der Waals surface area contributed by atoms with E-state index in [1.165, 1.54) is 0 Å². The number of nitrogens with zero attached hydrogens (tertiary/aromatic N) is 1. The minimum Gasteiger partial charge on any atom is -0.385 e. The van der Waals surface area contributed by atoms with Crippen LogP contribution in [0.2, 0.25) is 0 Å². The highest BCUT2D eigenvalue weighted by molar-refractivity contribution is 5.63. The number of nitro benzene ring substituents is 1. The molecular formula is C14H23N3O2. The first kappa shape index (κ1) is 15.3. The van der Waals surface area contributed by atoms with E-state index in [2.05, 4.69) is 38.3 Å². The van der Waals surface area contributed by atoms with Gasteiger partial charge in [0, 0.05) is 36.1 Å². The van der Waals surface area contributed by atoms with Gasteiger partial charge in [-0.15, -0.1) is 0 Å². The van der Waals surface area contributed by atoms with Crippen LogP contribution >= 0.6 is 0 Å². The van der Waals surface area contributed by atoms with Crippen molar-refractivity contribution in [2.75, 3.05) is 17.2 Å². The topological polar surface area (TPSA) is 67.2 Å². The number of anilines is 2. The Morgan fingerprint density at radius 2 is 1.84 bits per heavy atom. The van der Waals surface area contributed by atoms with E-state index in [9.17, 15) is 10.1 Å². The number of rotatable bonds is 5. The van der Waals surface area contributed by atoms with Gasteiger partial charge in [-0.25, -0.2) is 0 Å². The van der Waals surface area contributed by atoms with E-state index in [0.717, 1.165) is 17.9 Å². The summed E-state index contributed by atoms with van der Waals surface area (Å²) in [6, 6.07) is 5.24. The van der Waals surface area contributed by atoms with Crippen LogP contribution in [0.3, 0.4) is 0 Å². The standard InChI is InChI=1S/C14H23N3O2/c1-6-15-11-7-12(9-13(8-11)17(18)19)16-10(2)14(3,4)5/h7-10,15-16H,6H2,1-5H3. The summed E-state index contributed by atoms with van der Waals surface area (Å²) in [5.74, 6) is 0. The zero-order chi connectivity index (χ0) is 14.6. The Hall–Kier alpha value is -1.78. The maximum absolute atomic E-state index is 10.9. The molecule has 0 spiro atoms. The lowest BCUT2D eigenvalue weighted by Crippen LogP contribution is -2.30. The van der Waals surface area contributed by atoms with Gasteiger partial charge in [-0.2, -0.15) is 0 Å². The highest BCUT2D eigenvalue weighted by Crippen LogP contribution is 2.28. The van der Waals surface area contributed by atoms with Crippen molar-refractivity contribution in [1.29, 1.82) is 0 Å². The van der Waals surface area contributed by atoms with Crippen LogP contribution in [-0.2, 0) is 0 Å². The Morgan fingerprint density at radius 1 is 1.26 bits per heavy atom. The van der Waals surface area contributed by atoms with Gasteiger partial charge in [0.15, 0.2) is 0 Å². The first-order valence-corrected chi connectivity index (χ1v) is 6.54. The molecule has 19 heavy (non-hydrogen) atoms. The van der Waals surface area contributed by atoms with E-state index >= 15 is 0 Å². The summed E-state index contributed by atoms with van der Waals surface area (Å²) < 4.78 is 0. The van der Waals surface area contributed by atoms with Crippen LogP contribution < -0.4 is 10.6 Å². The van der Waals surface area contributed by atoms with Crippen molar-refractivity contribution >= 4 is 17.1 Å². The second kappa shape index (κ2) is 5.91. The first-order chi connectivity index (χ1) is 8.74. The van der Waals surface area contributed by atoms with Gasteiger partial charge in [0.25, 0.3) is 5.69 Å². The van der Waals surface area contributed by atoms with Crippen LogP contribution in [-0.4, -0.2) is 17.5 Å². The quantitative estimate of drug-likeness (QED) is 0.626. The fourth-order valence-corrected chi connectivity index (χ4v) is 1.57. The predicted molar refractivity (Wildman–Crippen MR) is 79.8 cm³/mol. The van der Waals surface area contributed by atoms with Crippen LogP contribution in [0.5, 0.6) is 0 Å². The molecule has 0 aliphatic heterocycles. The molecule has 0 aliphatic carbocycles.